The van der Waals surface area contributed by atoms with Gasteiger partial charge in [-0.15, -0.1) is 0 Å². The number of hydrogen-bond donors (Lipinski definition) is 1. The fourth-order valence-electron chi connectivity index (χ4n) is 1.76. The largest absolute Gasteiger partial charge is 0.508 e. The van der Waals surface area contributed by atoms with Gasteiger partial charge in [-0.3, -0.25) is 4.79 Å². The summed E-state index contributed by atoms with van der Waals surface area (Å²) < 4.78 is 0. The Morgan fingerprint density at radius 2 is 1.94 bits per heavy atom. The molecule has 1 amide bonds. The van der Waals surface area contributed by atoms with Crippen LogP contribution in [0.15, 0.2) is 24.3 Å². The maximum atomic E-state index is 12.0. The molecule has 2 atom stereocenters. The predicted octanol–water partition coefficient (Wildman–Crippen LogP) is 2.96. The van der Waals surface area contributed by atoms with E-state index in [1.54, 1.807) is 24.1 Å². The Morgan fingerprint density at radius 1 is 1.35 bits per heavy atom. The number of amides is 1. The zero-order chi connectivity index (χ0) is 13.0. The van der Waals surface area contributed by atoms with Gasteiger partial charge in [0, 0.05) is 18.5 Å². The van der Waals surface area contributed by atoms with Gasteiger partial charge < -0.3 is 10.0 Å². The SMILES string of the molecule is CCC(C)C(=O)N(C)C(C)c1ccccc1O. The summed E-state index contributed by atoms with van der Waals surface area (Å²) in [7, 11) is 1.78. The number of carbonyl (C=O) groups is 1. The second kappa shape index (κ2) is 5.71. The van der Waals surface area contributed by atoms with Gasteiger partial charge in [0.05, 0.1) is 6.04 Å². The number of carbonyl (C=O) groups excluding carboxylic acids is 1. The normalized spacial score (nSPS) is 14.1. The van der Waals surface area contributed by atoms with Crippen molar-refractivity contribution in [3.63, 3.8) is 0 Å². The number of benzene rings is 1. The molecule has 0 aliphatic carbocycles. The van der Waals surface area contributed by atoms with Crippen LogP contribution in [0.3, 0.4) is 0 Å². The minimum atomic E-state index is -0.113. The van der Waals surface area contributed by atoms with Crippen molar-refractivity contribution in [1.29, 1.82) is 0 Å². The van der Waals surface area contributed by atoms with Gasteiger partial charge in [-0.25, -0.2) is 0 Å². The highest BCUT2D eigenvalue weighted by atomic mass is 16.3. The minimum Gasteiger partial charge on any atom is -0.508 e. The first-order valence-electron chi connectivity index (χ1n) is 6.03. The molecule has 0 radical (unpaired) electrons. The van der Waals surface area contributed by atoms with Crippen LogP contribution in [0.5, 0.6) is 5.75 Å². The Bertz CT molecular complexity index is 390. The molecule has 2 unspecified atom stereocenters. The quantitative estimate of drug-likeness (QED) is 0.871. The summed E-state index contributed by atoms with van der Waals surface area (Å²) in [6, 6.07) is 7.03. The van der Waals surface area contributed by atoms with Crippen LogP contribution in [0.4, 0.5) is 0 Å². The van der Waals surface area contributed by atoms with Crippen molar-refractivity contribution in [2.75, 3.05) is 7.05 Å². The van der Waals surface area contributed by atoms with Gasteiger partial charge in [0.15, 0.2) is 0 Å². The van der Waals surface area contributed by atoms with E-state index in [0.717, 1.165) is 12.0 Å². The number of phenols is 1. The van der Waals surface area contributed by atoms with Crippen molar-refractivity contribution >= 4 is 5.91 Å². The molecule has 0 heterocycles. The zero-order valence-electron chi connectivity index (χ0n) is 11.0. The molecule has 0 aromatic heterocycles. The summed E-state index contributed by atoms with van der Waals surface area (Å²) in [6.45, 7) is 5.85. The van der Waals surface area contributed by atoms with Gasteiger partial charge in [0.2, 0.25) is 5.91 Å². The second-order valence-corrected chi connectivity index (χ2v) is 4.49. The lowest BCUT2D eigenvalue weighted by Gasteiger charge is -2.28. The molecule has 94 valence electrons. The summed E-state index contributed by atoms with van der Waals surface area (Å²) in [5.41, 5.74) is 0.784. The van der Waals surface area contributed by atoms with E-state index in [0.29, 0.717) is 0 Å². The molecule has 0 bridgehead atoms. The second-order valence-electron chi connectivity index (χ2n) is 4.49. The molecule has 17 heavy (non-hydrogen) atoms. The highest BCUT2D eigenvalue weighted by Crippen LogP contribution is 2.28. The number of rotatable bonds is 4. The van der Waals surface area contributed by atoms with Gasteiger partial charge >= 0.3 is 0 Å². The molecule has 1 N–H and O–H groups in total. The summed E-state index contributed by atoms with van der Waals surface area (Å²) in [6.07, 6.45) is 0.830. The summed E-state index contributed by atoms with van der Waals surface area (Å²) in [4.78, 5) is 13.7. The number of phenolic OH excluding ortho intramolecular Hbond substituents is 1. The third-order valence-corrected chi connectivity index (χ3v) is 3.35. The van der Waals surface area contributed by atoms with Crippen molar-refractivity contribution in [3.8, 4) is 5.75 Å². The van der Waals surface area contributed by atoms with Crippen LogP contribution < -0.4 is 0 Å². The molecular weight excluding hydrogens is 214 g/mol. The van der Waals surface area contributed by atoms with Gasteiger partial charge in [-0.05, 0) is 19.4 Å². The van der Waals surface area contributed by atoms with E-state index in [-0.39, 0.29) is 23.6 Å². The highest BCUT2D eigenvalue weighted by molar-refractivity contribution is 5.78. The molecule has 0 spiro atoms. The van der Waals surface area contributed by atoms with Crippen LogP contribution in [0.1, 0.15) is 38.8 Å². The molecule has 0 fully saturated rings. The van der Waals surface area contributed by atoms with E-state index in [9.17, 15) is 9.90 Å². The Morgan fingerprint density at radius 3 is 2.47 bits per heavy atom. The van der Waals surface area contributed by atoms with Gasteiger partial charge in [0.1, 0.15) is 5.75 Å². The monoisotopic (exact) mass is 235 g/mol. The zero-order valence-corrected chi connectivity index (χ0v) is 11.0. The molecule has 1 aromatic carbocycles. The average Bonchev–Trinajstić information content (AvgIpc) is 2.35. The van der Waals surface area contributed by atoms with Gasteiger partial charge in [-0.1, -0.05) is 32.0 Å². The lowest BCUT2D eigenvalue weighted by Crippen LogP contribution is -2.33. The molecule has 0 saturated carbocycles. The van der Waals surface area contributed by atoms with Crippen LogP contribution in [0.25, 0.3) is 0 Å². The van der Waals surface area contributed by atoms with Gasteiger partial charge in [-0.2, -0.15) is 0 Å². The van der Waals surface area contributed by atoms with Crippen LogP contribution in [0, 0.1) is 5.92 Å². The average molecular weight is 235 g/mol. The predicted molar refractivity (Wildman–Crippen MR) is 68.7 cm³/mol. The Hall–Kier alpha value is -1.51. The molecule has 0 aliphatic rings. The molecule has 1 aromatic rings. The van der Waals surface area contributed by atoms with E-state index in [2.05, 4.69) is 0 Å². The van der Waals surface area contributed by atoms with Crippen molar-refractivity contribution < 1.29 is 9.90 Å². The smallest absolute Gasteiger partial charge is 0.225 e. The molecule has 3 heteroatoms. The Labute approximate surface area is 103 Å². The van der Waals surface area contributed by atoms with E-state index >= 15 is 0 Å². The number of aromatic hydroxyl groups is 1. The number of para-hydroxylation sites is 1. The molecule has 3 nitrogen and oxygen atoms in total. The fraction of sp³-hybridized carbons (Fsp3) is 0.500. The first-order valence-corrected chi connectivity index (χ1v) is 6.03. The standard InChI is InChI=1S/C14H21NO2/c1-5-10(2)14(17)15(4)11(3)12-8-6-7-9-13(12)16/h6-11,16H,5H2,1-4H3. The first kappa shape index (κ1) is 13.6. The van der Waals surface area contributed by atoms with E-state index in [4.69, 9.17) is 0 Å². The topological polar surface area (TPSA) is 40.5 Å². The number of nitrogens with zero attached hydrogens (tertiary/aromatic N) is 1. The molecular formula is C14H21NO2. The third-order valence-electron chi connectivity index (χ3n) is 3.35. The van der Waals surface area contributed by atoms with E-state index < -0.39 is 0 Å². The van der Waals surface area contributed by atoms with Gasteiger partial charge in [0.25, 0.3) is 0 Å². The van der Waals surface area contributed by atoms with Crippen LogP contribution in [-0.4, -0.2) is 23.0 Å². The maximum absolute atomic E-state index is 12.0. The highest BCUT2D eigenvalue weighted by Gasteiger charge is 2.22. The lowest BCUT2D eigenvalue weighted by atomic mass is 10.0. The van der Waals surface area contributed by atoms with E-state index in [1.165, 1.54) is 0 Å². The van der Waals surface area contributed by atoms with Crippen molar-refractivity contribution in [3.05, 3.63) is 29.8 Å². The first-order chi connectivity index (χ1) is 7.99. The van der Waals surface area contributed by atoms with E-state index in [1.807, 2.05) is 32.9 Å². The Kier molecular flexibility index (Phi) is 4.55. The van der Waals surface area contributed by atoms with Crippen LogP contribution >= 0.6 is 0 Å². The maximum Gasteiger partial charge on any atom is 0.225 e. The minimum absolute atomic E-state index is 0.0216. The molecule has 0 saturated heterocycles. The summed E-state index contributed by atoms with van der Waals surface area (Å²) >= 11 is 0. The summed E-state index contributed by atoms with van der Waals surface area (Å²) in [5, 5.41) is 9.77. The van der Waals surface area contributed by atoms with Crippen molar-refractivity contribution in [2.45, 2.75) is 33.2 Å². The van der Waals surface area contributed by atoms with Crippen molar-refractivity contribution in [1.82, 2.24) is 4.90 Å². The molecule has 0 aliphatic heterocycles. The van der Waals surface area contributed by atoms with Crippen LogP contribution in [0.2, 0.25) is 0 Å². The third kappa shape index (κ3) is 2.99. The summed E-state index contributed by atoms with van der Waals surface area (Å²) in [5.74, 6) is 0.375. The Balaban J connectivity index is 2.87. The van der Waals surface area contributed by atoms with Crippen LogP contribution in [-0.2, 0) is 4.79 Å². The molecule has 1 rings (SSSR count). The number of hydrogen-bond acceptors (Lipinski definition) is 2. The van der Waals surface area contributed by atoms with Crippen molar-refractivity contribution in [2.24, 2.45) is 5.92 Å². The lowest BCUT2D eigenvalue weighted by molar-refractivity contribution is -0.135. The fourth-order valence-corrected chi connectivity index (χ4v) is 1.76.